The van der Waals surface area contributed by atoms with Gasteiger partial charge in [-0.05, 0) is 0 Å². The van der Waals surface area contributed by atoms with Crippen LogP contribution in [0.3, 0.4) is 0 Å². The summed E-state index contributed by atoms with van der Waals surface area (Å²) in [6, 6.07) is 0. The minimum atomic E-state index is -0.743. The van der Waals surface area contributed by atoms with Gasteiger partial charge in [-0.15, -0.1) is 0 Å². The minimum absolute atomic E-state index is 0.743. The van der Waals surface area contributed by atoms with E-state index >= 15 is 0 Å². The molecule has 0 saturated heterocycles. The van der Waals surface area contributed by atoms with Crippen molar-refractivity contribution in [3.63, 3.8) is 0 Å². The third-order valence-corrected chi connectivity index (χ3v) is 2.02. The molecular weight excluding hydrogens is 151 g/mol. The van der Waals surface area contributed by atoms with Crippen molar-refractivity contribution < 1.29 is 3.73 Å². The molecule has 0 N–H and O–H groups in total. The van der Waals surface area contributed by atoms with Crippen molar-refractivity contribution in [1.82, 2.24) is 0 Å². The first-order chi connectivity index (χ1) is 3.27. The van der Waals surface area contributed by atoms with E-state index in [9.17, 15) is 0 Å². The van der Waals surface area contributed by atoms with E-state index in [2.05, 4.69) is 18.3 Å². The molecule has 0 aromatic carbocycles. The zero-order chi connectivity index (χ0) is 5.70. The zero-order valence-electron chi connectivity index (χ0n) is 5.27. The van der Waals surface area contributed by atoms with Crippen LogP contribution in [0.5, 0.6) is 0 Å². The SMILES string of the molecule is CCCO[As](C)C. The summed E-state index contributed by atoms with van der Waals surface area (Å²) >= 11 is -0.743. The Morgan fingerprint density at radius 2 is 2.00 bits per heavy atom. The van der Waals surface area contributed by atoms with Gasteiger partial charge in [0.2, 0.25) is 0 Å². The monoisotopic (exact) mass is 164 g/mol. The van der Waals surface area contributed by atoms with Crippen LogP contribution in [-0.4, -0.2) is 21.6 Å². The molecule has 0 aromatic heterocycles. The molecule has 0 unspecified atom stereocenters. The first-order valence-electron chi connectivity index (χ1n) is 2.57. The molecule has 0 rings (SSSR count). The van der Waals surface area contributed by atoms with Crippen LogP contribution < -0.4 is 0 Å². The van der Waals surface area contributed by atoms with Crippen molar-refractivity contribution in [2.24, 2.45) is 0 Å². The van der Waals surface area contributed by atoms with Gasteiger partial charge in [0.05, 0.1) is 0 Å². The first-order valence-corrected chi connectivity index (χ1v) is 7.09. The molecule has 44 valence electrons. The van der Waals surface area contributed by atoms with Gasteiger partial charge < -0.3 is 0 Å². The van der Waals surface area contributed by atoms with Gasteiger partial charge in [0.25, 0.3) is 0 Å². The molecule has 1 nitrogen and oxygen atoms in total. The topological polar surface area (TPSA) is 9.23 Å². The second-order valence-electron chi connectivity index (χ2n) is 1.65. The van der Waals surface area contributed by atoms with Crippen molar-refractivity contribution in [1.29, 1.82) is 0 Å². The van der Waals surface area contributed by atoms with Gasteiger partial charge in [-0.1, -0.05) is 0 Å². The Labute approximate surface area is 50.7 Å². The Morgan fingerprint density at radius 3 is 2.14 bits per heavy atom. The first kappa shape index (κ1) is 7.52. The normalized spacial score (nSPS) is 10.3. The number of hydrogen-bond donors (Lipinski definition) is 0. The van der Waals surface area contributed by atoms with E-state index in [-0.39, 0.29) is 0 Å². The Morgan fingerprint density at radius 1 is 1.43 bits per heavy atom. The Kier molecular flexibility index (Phi) is 5.02. The molecule has 0 radical (unpaired) electrons. The predicted octanol–water partition coefficient (Wildman–Crippen LogP) is 1.66. The number of hydrogen-bond acceptors (Lipinski definition) is 1. The van der Waals surface area contributed by atoms with Crippen LogP contribution in [0.15, 0.2) is 0 Å². The quantitative estimate of drug-likeness (QED) is 0.576. The summed E-state index contributed by atoms with van der Waals surface area (Å²) in [5.74, 6) is 0. The van der Waals surface area contributed by atoms with Gasteiger partial charge in [0.15, 0.2) is 0 Å². The molecule has 0 aliphatic carbocycles. The number of rotatable bonds is 3. The summed E-state index contributed by atoms with van der Waals surface area (Å²) in [5.41, 5.74) is 4.39. The molecule has 0 spiro atoms. The Balaban J connectivity index is 2.68. The van der Waals surface area contributed by atoms with Crippen LogP contribution in [0, 0.1) is 0 Å². The van der Waals surface area contributed by atoms with E-state index in [0.717, 1.165) is 13.0 Å². The van der Waals surface area contributed by atoms with Crippen molar-refractivity contribution in [2.75, 3.05) is 6.61 Å². The molecule has 2 heteroatoms. The average Bonchev–Trinajstić information content (AvgIpc) is 1.61. The summed E-state index contributed by atoms with van der Waals surface area (Å²) < 4.78 is 5.34. The second-order valence-corrected chi connectivity index (χ2v) is 5.60. The van der Waals surface area contributed by atoms with Crippen LogP contribution in [0.25, 0.3) is 0 Å². The van der Waals surface area contributed by atoms with E-state index in [0.29, 0.717) is 0 Å². The predicted molar refractivity (Wildman–Crippen MR) is 33.7 cm³/mol. The van der Waals surface area contributed by atoms with Crippen LogP contribution in [0.1, 0.15) is 13.3 Å². The molecule has 0 atom stereocenters. The molecule has 0 bridgehead atoms. The van der Waals surface area contributed by atoms with E-state index in [4.69, 9.17) is 3.73 Å². The van der Waals surface area contributed by atoms with Gasteiger partial charge in [0.1, 0.15) is 0 Å². The molecule has 7 heavy (non-hydrogen) atoms. The van der Waals surface area contributed by atoms with Gasteiger partial charge in [-0.3, -0.25) is 0 Å². The van der Waals surface area contributed by atoms with Crippen LogP contribution in [0.4, 0.5) is 0 Å². The Bertz CT molecular complexity index is 37.1. The standard InChI is InChI=1S/C5H13AsO/c1-4-5-7-6(2)3/h4-5H2,1-3H3. The molecule has 0 aliphatic heterocycles. The van der Waals surface area contributed by atoms with Crippen molar-refractivity contribution in [2.45, 2.75) is 24.8 Å². The molecule has 0 saturated carbocycles. The summed E-state index contributed by atoms with van der Waals surface area (Å²) in [5, 5.41) is 0. The fourth-order valence-electron chi connectivity index (χ4n) is 0.274. The maximum absolute atomic E-state index is 5.34. The van der Waals surface area contributed by atoms with Gasteiger partial charge in [0, 0.05) is 0 Å². The second kappa shape index (κ2) is 4.67. The zero-order valence-corrected chi connectivity index (χ0v) is 7.15. The van der Waals surface area contributed by atoms with E-state index < -0.39 is 15.0 Å². The van der Waals surface area contributed by atoms with Crippen LogP contribution in [-0.2, 0) is 3.73 Å². The van der Waals surface area contributed by atoms with E-state index in [1.165, 1.54) is 0 Å². The fourth-order valence-corrected chi connectivity index (χ4v) is 1.42. The summed E-state index contributed by atoms with van der Waals surface area (Å²) in [4.78, 5) is 0. The van der Waals surface area contributed by atoms with Crippen molar-refractivity contribution in [3.8, 4) is 0 Å². The molecule has 0 amide bonds. The van der Waals surface area contributed by atoms with E-state index in [1.807, 2.05) is 0 Å². The summed E-state index contributed by atoms with van der Waals surface area (Å²) in [6.45, 7) is 3.10. The molecule has 0 aliphatic rings. The van der Waals surface area contributed by atoms with Crippen LogP contribution in [0.2, 0.25) is 11.4 Å². The molecular formula is C5H13AsO. The van der Waals surface area contributed by atoms with Gasteiger partial charge in [-0.25, -0.2) is 0 Å². The van der Waals surface area contributed by atoms with Crippen LogP contribution >= 0.6 is 0 Å². The molecule has 0 fully saturated rings. The Hall–Kier alpha value is 0.518. The van der Waals surface area contributed by atoms with Crippen molar-refractivity contribution >= 4 is 15.0 Å². The third-order valence-electron chi connectivity index (χ3n) is 0.554. The summed E-state index contributed by atoms with van der Waals surface area (Å²) in [7, 11) is 0. The third kappa shape index (κ3) is 6.52. The van der Waals surface area contributed by atoms with Gasteiger partial charge in [-0.2, -0.15) is 0 Å². The van der Waals surface area contributed by atoms with E-state index in [1.54, 1.807) is 0 Å². The van der Waals surface area contributed by atoms with Crippen molar-refractivity contribution in [3.05, 3.63) is 0 Å². The molecule has 0 heterocycles. The average molecular weight is 164 g/mol. The molecule has 0 aromatic rings. The fraction of sp³-hybridized carbons (Fsp3) is 1.00. The maximum atomic E-state index is 5.34. The van der Waals surface area contributed by atoms with Gasteiger partial charge >= 0.3 is 50.1 Å². The summed E-state index contributed by atoms with van der Waals surface area (Å²) in [6.07, 6.45) is 1.16.